The van der Waals surface area contributed by atoms with Gasteiger partial charge in [-0.05, 0) is 39.0 Å². The summed E-state index contributed by atoms with van der Waals surface area (Å²) in [6, 6.07) is 5.02. The fraction of sp³-hybridized carbons (Fsp3) is 0.462. The highest BCUT2D eigenvalue weighted by Crippen LogP contribution is 2.31. The van der Waals surface area contributed by atoms with Crippen LogP contribution in [0, 0.1) is 0 Å². The fourth-order valence-electron chi connectivity index (χ4n) is 1.58. The zero-order chi connectivity index (χ0) is 13.8. The van der Waals surface area contributed by atoms with Gasteiger partial charge in [0.05, 0.1) is 13.2 Å². The number of halogens is 1. The molecular formula is C13H18ClNO3. The number of ether oxygens (including phenoxy) is 2. The Morgan fingerprint density at radius 3 is 2.61 bits per heavy atom. The molecule has 4 nitrogen and oxygen atoms in total. The molecule has 0 radical (unpaired) electrons. The van der Waals surface area contributed by atoms with Crippen LogP contribution in [0.1, 0.15) is 26.3 Å². The summed E-state index contributed by atoms with van der Waals surface area (Å²) in [4.78, 5) is 11.9. The van der Waals surface area contributed by atoms with Gasteiger partial charge in [0.2, 0.25) is 0 Å². The summed E-state index contributed by atoms with van der Waals surface area (Å²) in [5, 5.41) is 0.495. The maximum atomic E-state index is 11.9. The van der Waals surface area contributed by atoms with Crippen LogP contribution in [0.3, 0.4) is 0 Å². The Bertz CT molecular complexity index is 432. The minimum absolute atomic E-state index is 0.274. The number of hydrogen-bond acceptors (Lipinski definition) is 4. The number of nitrogens with two attached hydrogens (primary N) is 1. The van der Waals surface area contributed by atoms with Crippen LogP contribution in [0.15, 0.2) is 18.2 Å². The molecule has 0 saturated carbocycles. The molecule has 0 spiro atoms. The van der Waals surface area contributed by atoms with Crippen molar-refractivity contribution >= 4 is 17.6 Å². The predicted octanol–water partition coefficient (Wildman–Crippen LogP) is 2.48. The van der Waals surface area contributed by atoms with E-state index in [2.05, 4.69) is 0 Å². The summed E-state index contributed by atoms with van der Waals surface area (Å²) in [7, 11) is 0. The van der Waals surface area contributed by atoms with E-state index in [1.807, 2.05) is 6.92 Å². The number of rotatable bonds is 5. The van der Waals surface area contributed by atoms with Crippen LogP contribution >= 0.6 is 11.6 Å². The number of benzene rings is 1. The summed E-state index contributed by atoms with van der Waals surface area (Å²) in [5.74, 6) is 0.0353. The van der Waals surface area contributed by atoms with Crippen molar-refractivity contribution < 1.29 is 14.3 Å². The summed E-state index contributed by atoms with van der Waals surface area (Å²) < 4.78 is 10.4. The van der Waals surface area contributed by atoms with E-state index in [1.165, 1.54) is 0 Å². The molecule has 1 aromatic carbocycles. The van der Waals surface area contributed by atoms with Crippen LogP contribution < -0.4 is 10.5 Å². The second-order valence-electron chi connectivity index (χ2n) is 4.00. The van der Waals surface area contributed by atoms with Crippen LogP contribution in [0.5, 0.6) is 5.75 Å². The van der Waals surface area contributed by atoms with E-state index in [4.69, 9.17) is 26.8 Å². The van der Waals surface area contributed by atoms with Crippen LogP contribution in [-0.4, -0.2) is 19.2 Å². The lowest BCUT2D eigenvalue weighted by atomic mass is 9.92. The first-order valence-corrected chi connectivity index (χ1v) is 6.20. The van der Waals surface area contributed by atoms with Crippen LogP contribution in [-0.2, 0) is 15.1 Å². The number of carbonyl (C=O) groups excluding carboxylic acids is 1. The van der Waals surface area contributed by atoms with Crippen molar-refractivity contribution in [2.75, 3.05) is 13.2 Å². The molecule has 0 fully saturated rings. The minimum atomic E-state index is -1.29. The summed E-state index contributed by atoms with van der Waals surface area (Å²) in [6.45, 7) is 5.93. The molecule has 1 aromatic rings. The van der Waals surface area contributed by atoms with Crippen molar-refractivity contribution in [2.45, 2.75) is 26.3 Å². The second kappa shape index (κ2) is 6.07. The third kappa shape index (κ3) is 3.15. The van der Waals surface area contributed by atoms with Crippen molar-refractivity contribution in [3.63, 3.8) is 0 Å². The Morgan fingerprint density at radius 2 is 2.06 bits per heavy atom. The highest BCUT2D eigenvalue weighted by atomic mass is 35.5. The molecule has 1 rings (SSSR count). The van der Waals surface area contributed by atoms with Crippen molar-refractivity contribution in [2.24, 2.45) is 5.73 Å². The Hall–Kier alpha value is -1.26. The summed E-state index contributed by atoms with van der Waals surface area (Å²) >= 11 is 5.94. The molecule has 5 heteroatoms. The van der Waals surface area contributed by atoms with E-state index in [0.717, 1.165) is 0 Å². The molecule has 0 aliphatic rings. The Morgan fingerprint density at radius 1 is 1.39 bits per heavy atom. The van der Waals surface area contributed by atoms with Crippen LogP contribution in [0.4, 0.5) is 0 Å². The maximum Gasteiger partial charge on any atom is 0.330 e. The molecule has 18 heavy (non-hydrogen) atoms. The molecule has 1 atom stereocenters. The monoisotopic (exact) mass is 271 g/mol. The van der Waals surface area contributed by atoms with Crippen LogP contribution in [0.25, 0.3) is 0 Å². The first kappa shape index (κ1) is 14.8. The first-order chi connectivity index (χ1) is 8.43. The van der Waals surface area contributed by atoms with Crippen molar-refractivity contribution in [1.29, 1.82) is 0 Å². The SMILES string of the molecule is CCOC(=O)C(C)(N)c1cc(Cl)ccc1OCC. The van der Waals surface area contributed by atoms with Gasteiger partial charge in [-0.2, -0.15) is 0 Å². The second-order valence-corrected chi connectivity index (χ2v) is 4.43. The number of esters is 1. The standard InChI is InChI=1S/C13H18ClNO3/c1-4-17-11-7-6-9(14)8-10(11)13(3,15)12(16)18-5-2/h6-8H,4-5,15H2,1-3H3. The summed E-state index contributed by atoms with van der Waals surface area (Å²) in [6.07, 6.45) is 0. The van der Waals surface area contributed by atoms with Gasteiger partial charge < -0.3 is 15.2 Å². The summed E-state index contributed by atoms with van der Waals surface area (Å²) in [5.41, 5.74) is 5.29. The Labute approximate surface area is 112 Å². The lowest BCUT2D eigenvalue weighted by molar-refractivity contribution is -0.149. The van der Waals surface area contributed by atoms with Crippen molar-refractivity contribution in [3.8, 4) is 5.75 Å². The van der Waals surface area contributed by atoms with E-state index in [0.29, 0.717) is 22.9 Å². The van der Waals surface area contributed by atoms with Gasteiger partial charge in [-0.3, -0.25) is 0 Å². The molecule has 2 N–H and O–H groups in total. The third-order valence-electron chi connectivity index (χ3n) is 2.50. The molecule has 0 aromatic heterocycles. The highest BCUT2D eigenvalue weighted by molar-refractivity contribution is 6.30. The average Bonchev–Trinajstić information content (AvgIpc) is 2.32. The van der Waals surface area contributed by atoms with Gasteiger partial charge in [0.25, 0.3) is 0 Å². The molecule has 0 aliphatic heterocycles. The Kier molecular flexibility index (Phi) is 4.99. The van der Waals surface area contributed by atoms with Gasteiger partial charge in [0.1, 0.15) is 11.3 Å². The molecular weight excluding hydrogens is 254 g/mol. The van der Waals surface area contributed by atoms with Gasteiger partial charge in [-0.15, -0.1) is 0 Å². The zero-order valence-corrected chi connectivity index (χ0v) is 11.6. The van der Waals surface area contributed by atoms with E-state index >= 15 is 0 Å². The van der Waals surface area contributed by atoms with Crippen molar-refractivity contribution in [1.82, 2.24) is 0 Å². The first-order valence-electron chi connectivity index (χ1n) is 5.82. The van der Waals surface area contributed by atoms with Crippen LogP contribution in [0.2, 0.25) is 5.02 Å². The maximum absolute atomic E-state index is 11.9. The average molecular weight is 272 g/mol. The zero-order valence-electron chi connectivity index (χ0n) is 10.8. The molecule has 0 amide bonds. The van der Waals surface area contributed by atoms with Crippen molar-refractivity contribution in [3.05, 3.63) is 28.8 Å². The third-order valence-corrected chi connectivity index (χ3v) is 2.74. The highest BCUT2D eigenvalue weighted by Gasteiger charge is 2.35. The van der Waals surface area contributed by atoms with E-state index in [9.17, 15) is 4.79 Å². The molecule has 0 saturated heterocycles. The Balaban J connectivity index is 3.20. The van der Waals surface area contributed by atoms with E-state index < -0.39 is 11.5 Å². The minimum Gasteiger partial charge on any atom is -0.494 e. The molecule has 100 valence electrons. The smallest absolute Gasteiger partial charge is 0.330 e. The van der Waals surface area contributed by atoms with Gasteiger partial charge >= 0.3 is 5.97 Å². The number of hydrogen-bond donors (Lipinski definition) is 1. The quantitative estimate of drug-likeness (QED) is 0.836. The molecule has 0 bridgehead atoms. The number of carbonyl (C=O) groups is 1. The molecule has 0 aliphatic carbocycles. The molecule has 0 heterocycles. The van der Waals surface area contributed by atoms with E-state index in [1.54, 1.807) is 32.0 Å². The normalized spacial score (nSPS) is 13.8. The van der Waals surface area contributed by atoms with Gasteiger partial charge in [-0.25, -0.2) is 4.79 Å². The van der Waals surface area contributed by atoms with E-state index in [-0.39, 0.29) is 6.61 Å². The lowest BCUT2D eigenvalue weighted by Gasteiger charge is -2.25. The lowest BCUT2D eigenvalue weighted by Crippen LogP contribution is -2.43. The van der Waals surface area contributed by atoms with Gasteiger partial charge in [0.15, 0.2) is 0 Å². The predicted molar refractivity (Wildman–Crippen MR) is 70.8 cm³/mol. The molecule has 1 unspecified atom stereocenters. The fourth-order valence-corrected chi connectivity index (χ4v) is 1.75. The van der Waals surface area contributed by atoms with Gasteiger partial charge in [0, 0.05) is 10.6 Å². The van der Waals surface area contributed by atoms with Gasteiger partial charge in [-0.1, -0.05) is 11.6 Å². The topological polar surface area (TPSA) is 61.5 Å². The largest absolute Gasteiger partial charge is 0.494 e.